The smallest absolute Gasteiger partial charge is 0.191 e. The zero-order valence-corrected chi connectivity index (χ0v) is 11.4. The van der Waals surface area contributed by atoms with Crippen molar-refractivity contribution < 1.29 is 14.2 Å². The summed E-state index contributed by atoms with van der Waals surface area (Å²) >= 11 is 12.0. The predicted octanol–water partition coefficient (Wildman–Crippen LogP) is 3.77. The van der Waals surface area contributed by atoms with E-state index in [0.29, 0.717) is 29.0 Å². The molecule has 5 heteroatoms. The summed E-state index contributed by atoms with van der Waals surface area (Å²) in [5, 5.41) is 0.952. The lowest BCUT2D eigenvalue weighted by Gasteiger charge is -2.18. The molecule has 1 aromatic rings. The third-order valence-electron chi connectivity index (χ3n) is 1.99. The highest BCUT2D eigenvalue weighted by molar-refractivity contribution is 6.37. The maximum atomic E-state index is 5.98. The van der Waals surface area contributed by atoms with Crippen LogP contribution in [0.3, 0.4) is 0 Å². The molecule has 96 valence electrons. The third kappa shape index (κ3) is 4.72. The van der Waals surface area contributed by atoms with Crippen molar-refractivity contribution in [2.24, 2.45) is 0 Å². The number of hydrogen-bond donors (Lipinski definition) is 0. The average Bonchev–Trinajstić information content (AvgIpc) is 2.29. The van der Waals surface area contributed by atoms with Crippen molar-refractivity contribution in [2.75, 3.05) is 19.8 Å². The molecule has 0 amide bonds. The van der Waals surface area contributed by atoms with Gasteiger partial charge in [0.05, 0.1) is 10.0 Å². The summed E-state index contributed by atoms with van der Waals surface area (Å²) in [6, 6.07) is 5.21. The lowest BCUT2D eigenvalue weighted by molar-refractivity contribution is -0.152. The second-order valence-corrected chi connectivity index (χ2v) is 4.02. The van der Waals surface area contributed by atoms with Crippen LogP contribution in [0.1, 0.15) is 13.8 Å². The fraction of sp³-hybridized carbons (Fsp3) is 0.500. The number of para-hydroxylation sites is 1. The lowest BCUT2D eigenvalue weighted by atomic mass is 10.3. The first kappa shape index (κ1) is 14.6. The standard InChI is InChI=1S/C12H16Cl2O3/c1-3-15-11(16-4-2)8-17-12-9(13)6-5-7-10(12)14/h5-7,11H,3-4,8H2,1-2H3. The maximum Gasteiger partial charge on any atom is 0.191 e. The van der Waals surface area contributed by atoms with Crippen molar-refractivity contribution >= 4 is 23.2 Å². The van der Waals surface area contributed by atoms with Crippen LogP contribution in [0.2, 0.25) is 10.0 Å². The summed E-state index contributed by atoms with van der Waals surface area (Å²) in [4.78, 5) is 0. The summed E-state index contributed by atoms with van der Waals surface area (Å²) in [7, 11) is 0. The topological polar surface area (TPSA) is 27.7 Å². The Morgan fingerprint density at radius 1 is 1.06 bits per heavy atom. The Balaban J connectivity index is 2.58. The van der Waals surface area contributed by atoms with Gasteiger partial charge in [0, 0.05) is 13.2 Å². The van der Waals surface area contributed by atoms with Gasteiger partial charge in [0.25, 0.3) is 0 Å². The van der Waals surface area contributed by atoms with E-state index in [0.717, 1.165) is 0 Å². The van der Waals surface area contributed by atoms with Gasteiger partial charge in [-0.25, -0.2) is 0 Å². The molecule has 0 atom stereocenters. The van der Waals surface area contributed by atoms with Gasteiger partial charge in [-0.05, 0) is 26.0 Å². The van der Waals surface area contributed by atoms with Crippen molar-refractivity contribution in [2.45, 2.75) is 20.1 Å². The molecule has 0 spiro atoms. The molecule has 0 aromatic heterocycles. The highest BCUT2D eigenvalue weighted by atomic mass is 35.5. The van der Waals surface area contributed by atoms with E-state index in [1.807, 2.05) is 13.8 Å². The van der Waals surface area contributed by atoms with Gasteiger partial charge >= 0.3 is 0 Å². The molecule has 0 unspecified atom stereocenters. The van der Waals surface area contributed by atoms with E-state index in [1.165, 1.54) is 0 Å². The van der Waals surface area contributed by atoms with Crippen molar-refractivity contribution in [3.8, 4) is 5.75 Å². The Morgan fingerprint density at radius 3 is 2.06 bits per heavy atom. The van der Waals surface area contributed by atoms with Crippen LogP contribution in [-0.4, -0.2) is 26.1 Å². The van der Waals surface area contributed by atoms with Gasteiger partial charge in [-0.3, -0.25) is 0 Å². The molecule has 0 aliphatic rings. The molecule has 0 heterocycles. The van der Waals surface area contributed by atoms with E-state index in [1.54, 1.807) is 18.2 Å². The van der Waals surface area contributed by atoms with Crippen LogP contribution in [0.4, 0.5) is 0 Å². The molecule has 0 bridgehead atoms. The van der Waals surface area contributed by atoms with E-state index in [9.17, 15) is 0 Å². The van der Waals surface area contributed by atoms with Crippen LogP contribution in [-0.2, 0) is 9.47 Å². The summed E-state index contributed by atoms with van der Waals surface area (Å²) in [5.41, 5.74) is 0. The normalized spacial score (nSPS) is 10.9. The zero-order chi connectivity index (χ0) is 12.7. The van der Waals surface area contributed by atoms with Crippen molar-refractivity contribution in [1.29, 1.82) is 0 Å². The van der Waals surface area contributed by atoms with Crippen LogP contribution in [0.15, 0.2) is 18.2 Å². The minimum atomic E-state index is -0.405. The van der Waals surface area contributed by atoms with Crippen LogP contribution >= 0.6 is 23.2 Å². The molecule has 0 saturated heterocycles. The monoisotopic (exact) mass is 278 g/mol. The van der Waals surface area contributed by atoms with Crippen LogP contribution < -0.4 is 4.74 Å². The van der Waals surface area contributed by atoms with Crippen molar-refractivity contribution in [3.63, 3.8) is 0 Å². The quantitative estimate of drug-likeness (QED) is 0.711. The average molecular weight is 279 g/mol. The van der Waals surface area contributed by atoms with Gasteiger partial charge in [0.1, 0.15) is 6.61 Å². The van der Waals surface area contributed by atoms with Gasteiger partial charge in [-0.1, -0.05) is 29.3 Å². The minimum Gasteiger partial charge on any atom is -0.485 e. The molecule has 1 rings (SSSR count). The second-order valence-electron chi connectivity index (χ2n) is 3.20. The summed E-state index contributed by atoms with van der Waals surface area (Å²) in [5.74, 6) is 0.459. The fourth-order valence-corrected chi connectivity index (χ4v) is 1.79. The highest BCUT2D eigenvalue weighted by Gasteiger charge is 2.12. The summed E-state index contributed by atoms with van der Waals surface area (Å²) in [6.45, 7) is 5.17. The molecule has 0 aliphatic heterocycles. The molecule has 0 aliphatic carbocycles. The Kier molecular flexibility index (Phi) is 6.66. The lowest BCUT2D eigenvalue weighted by Crippen LogP contribution is -2.25. The molecule has 1 aromatic carbocycles. The maximum absolute atomic E-state index is 5.98. The van der Waals surface area contributed by atoms with E-state index in [2.05, 4.69) is 0 Å². The predicted molar refractivity (Wildman–Crippen MR) is 69.0 cm³/mol. The summed E-state index contributed by atoms with van der Waals surface area (Å²) in [6.07, 6.45) is -0.405. The number of benzene rings is 1. The van der Waals surface area contributed by atoms with Crippen molar-refractivity contribution in [3.05, 3.63) is 28.2 Å². The molecule has 0 N–H and O–H groups in total. The molecule has 0 fully saturated rings. The number of halogens is 2. The second kappa shape index (κ2) is 7.77. The molecular formula is C12H16Cl2O3. The molecule has 17 heavy (non-hydrogen) atoms. The molecule has 3 nitrogen and oxygen atoms in total. The Labute approximate surface area is 112 Å². The fourth-order valence-electron chi connectivity index (χ4n) is 1.29. The first-order chi connectivity index (χ1) is 8.19. The minimum absolute atomic E-state index is 0.255. The van der Waals surface area contributed by atoms with Gasteiger partial charge in [0.15, 0.2) is 12.0 Å². The van der Waals surface area contributed by atoms with Crippen LogP contribution in [0, 0.1) is 0 Å². The van der Waals surface area contributed by atoms with E-state index >= 15 is 0 Å². The largest absolute Gasteiger partial charge is 0.485 e. The van der Waals surface area contributed by atoms with Gasteiger partial charge < -0.3 is 14.2 Å². The van der Waals surface area contributed by atoms with E-state index in [4.69, 9.17) is 37.4 Å². The van der Waals surface area contributed by atoms with Crippen LogP contribution in [0.25, 0.3) is 0 Å². The van der Waals surface area contributed by atoms with E-state index in [-0.39, 0.29) is 6.61 Å². The van der Waals surface area contributed by atoms with Gasteiger partial charge in [-0.2, -0.15) is 0 Å². The van der Waals surface area contributed by atoms with Crippen molar-refractivity contribution in [1.82, 2.24) is 0 Å². The van der Waals surface area contributed by atoms with Gasteiger partial charge in [-0.15, -0.1) is 0 Å². The Bertz CT molecular complexity index is 318. The number of hydrogen-bond acceptors (Lipinski definition) is 3. The Morgan fingerprint density at radius 2 is 1.59 bits per heavy atom. The number of rotatable bonds is 7. The highest BCUT2D eigenvalue weighted by Crippen LogP contribution is 2.32. The zero-order valence-electron chi connectivity index (χ0n) is 9.91. The first-order valence-corrected chi connectivity index (χ1v) is 6.24. The van der Waals surface area contributed by atoms with E-state index < -0.39 is 6.29 Å². The molecular weight excluding hydrogens is 263 g/mol. The van der Waals surface area contributed by atoms with Crippen LogP contribution in [0.5, 0.6) is 5.75 Å². The first-order valence-electron chi connectivity index (χ1n) is 5.49. The Hall–Kier alpha value is -0.480. The van der Waals surface area contributed by atoms with Gasteiger partial charge in [0.2, 0.25) is 0 Å². The molecule has 0 saturated carbocycles. The summed E-state index contributed by atoms with van der Waals surface area (Å²) < 4.78 is 16.2. The third-order valence-corrected chi connectivity index (χ3v) is 2.58. The SMILES string of the molecule is CCOC(COc1c(Cl)cccc1Cl)OCC. The number of ether oxygens (including phenoxy) is 3. The molecule has 0 radical (unpaired) electrons.